The second-order valence-corrected chi connectivity index (χ2v) is 4.40. The Morgan fingerprint density at radius 1 is 1.36 bits per heavy atom. The Morgan fingerprint density at radius 3 is 2.71 bits per heavy atom. The SMILES string of the molecule is CC(C)N(C)C(=O)C1CCCCCN1. The van der Waals surface area contributed by atoms with Gasteiger partial charge in [-0.05, 0) is 33.2 Å². The van der Waals surface area contributed by atoms with Crippen LogP contribution in [0.3, 0.4) is 0 Å². The van der Waals surface area contributed by atoms with Crippen LogP contribution in [0.2, 0.25) is 0 Å². The van der Waals surface area contributed by atoms with Crippen molar-refractivity contribution in [2.24, 2.45) is 0 Å². The Hall–Kier alpha value is -0.570. The van der Waals surface area contributed by atoms with Gasteiger partial charge in [0.25, 0.3) is 0 Å². The van der Waals surface area contributed by atoms with E-state index in [1.165, 1.54) is 19.3 Å². The van der Waals surface area contributed by atoms with E-state index >= 15 is 0 Å². The van der Waals surface area contributed by atoms with Crippen molar-refractivity contribution in [1.29, 1.82) is 0 Å². The van der Waals surface area contributed by atoms with Crippen molar-refractivity contribution in [2.45, 2.75) is 51.6 Å². The number of nitrogens with one attached hydrogen (secondary N) is 1. The second-order valence-electron chi connectivity index (χ2n) is 4.40. The molecule has 3 nitrogen and oxygen atoms in total. The molecule has 3 heteroatoms. The highest BCUT2D eigenvalue weighted by molar-refractivity contribution is 5.81. The third-order valence-electron chi connectivity index (χ3n) is 2.98. The van der Waals surface area contributed by atoms with Gasteiger partial charge in [-0.3, -0.25) is 4.79 Å². The highest BCUT2D eigenvalue weighted by Crippen LogP contribution is 2.11. The van der Waals surface area contributed by atoms with Gasteiger partial charge in [-0.1, -0.05) is 12.8 Å². The molecule has 0 aromatic carbocycles. The summed E-state index contributed by atoms with van der Waals surface area (Å²) in [7, 11) is 1.89. The van der Waals surface area contributed by atoms with Crippen molar-refractivity contribution < 1.29 is 4.79 Å². The summed E-state index contributed by atoms with van der Waals surface area (Å²) >= 11 is 0. The van der Waals surface area contributed by atoms with Gasteiger partial charge in [-0.25, -0.2) is 0 Å². The minimum atomic E-state index is 0.0601. The number of amides is 1. The van der Waals surface area contributed by atoms with Crippen LogP contribution in [0.5, 0.6) is 0 Å². The molecule has 1 unspecified atom stereocenters. The summed E-state index contributed by atoms with van der Waals surface area (Å²) < 4.78 is 0. The van der Waals surface area contributed by atoms with E-state index in [0.717, 1.165) is 13.0 Å². The monoisotopic (exact) mass is 198 g/mol. The van der Waals surface area contributed by atoms with Crippen molar-refractivity contribution >= 4 is 5.91 Å². The first kappa shape index (κ1) is 11.5. The molecular formula is C11H22N2O. The third-order valence-corrected chi connectivity index (χ3v) is 2.98. The minimum Gasteiger partial charge on any atom is -0.342 e. The summed E-state index contributed by atoms with van der Waals surface area (Å²) in [4.78, 5) is 13.8. The fraction of sp³-hybridized carbons (Fsp3) is 0.909. The highest BCUT2D eigenvalue weighted by atomic mass is 16.2. The molecule has 1 heterocycles. The topological polar surface area (TPSA) is 32.3 Å². The molecule has 1 N–H and O–H groups in total. The molecule has 0 bridgehead atoms. The van der Waals surface area contributed by atoms with E-state index in [4.69, 9.17) is 0 Å². The van der Waals surface area contributed by atoms with Gasteiger partial charge in [0.2, 0.25) is 5.91 Å². The lowest BCUT2D eigenvalue weighted by atomic mass is 10.1. The molecule has 0 aromatic rings. The standard InChI is InChI=1S/C11H22N2O/c1-9(2)13(3)11(14)10-7-5-4-6-8-12-10/h9-10,12H,4-8H2,1-3H3. The summed E-state index contributed by atoms with van der Waals surface area (Å²) in [6.45, 7) is 5.09. The van der Waals surface area contributed by atoms with Crippen LogP contribution in [0.25, 0.3) is 0 Å². The highest BCUT2D eigenvalue weighted by Gasteiger charge is 2.23. The first-order chi connectivity index (χ1) is 6.63. The van der Waals surface area contributed by atoms with Gasteiger partial charge in [0.1, 0.15) is 0 Å². The lowest BCUT2D eigenvalue weighted by Gasteiger charge is -2.26. The van der Waals surface area contributed by atoms with Gasteiger partial charge in [0, 0.05) is 13.1 Å². The van der Waals surface area contributed by atoms with E-state index in [2.05, 4.69) is 19.2 Å². The molecule has 1 aliphatic heterocycles. The summed E-state index contributed by atoms with van der Waals surface area (Å²) in [5.74, 6) is 0.252. The molecule has 1 aliphatic rings. The lowest BCUT2D eigenvalue weighted by molar-refractivity contribution is -0.133. The van der Waals surface area contributed by atoms with Crippen molar-refractivity contribution in [2.75, 3.05) is 13.6 Å². The number of likely N-dealkylation sites (N-methyl/N-ethyl adjacent to an activating group) is 1. The molecule has 0 radical (unpaired) electrons. The number of hydrogen-bond donors (Lipinski definition) is 1. The van der Waals surface area contributed by atoms with Gasteiger partial charge in [0.05, 0.1) is 6.04 Å². The van der Waals surface area contributed by atoms with E-state index in [-0.39, 0.29) is 11.9 Å². The zero-order valence-electron chi connectivity index (χ0n) is 9.55. The van der Waals surface area contributed by atoms with E-state index < -0.39 is 0 Å². The summed E-state index contributed by atoms with van der Waals surface area (Å²) in [6.07, 6.45) is 4.63. The largest absolute Gasteiger partial charge is 0.342 e. The summed E-state index contributed by atoms with van der Waals surface area (Å²) in [5.41, 5.74) is 0. The predicted octanol–water partition coefficient (Wildman–Crippen LogP) is 1.39. The summed E-state index contributed by atoms with van der Waals surface area (Å²) in [6, 6.07) is 0.359. The average Bonchev–Trinajstić information content (AvgIpc) is 2.43. The van der Waals surface area contributed by atoms with Gasteiger partial charge in [0.15, 0.2) is 0 Å². The Bertz CT molecular complexity index is 184. The number of nitrogens with zero attached hydrogens (tertiary/aromatic N) is 1. The number of rotatable bonds is 2. The Labute approximate surface area is 86.9 Å². The van der Waals surface area contributed by atoms with Gasteiger partial charge >= 0.3 is 0 Å². The van der Waals surface area contributed by atoms with E-state index in [1.54, 1.807) is 0 Å². The van der Waals surface area contributed by atoms with Crippen LogP contribution in [-0.2, 0) is 4.79 Å². The number of hydrogen-bond acceptors (Lipinski definition) is 2. The fourth-order valence-corrected chi connectivity index (χ4v) is 1.74. The fourth-order valence-electron chi connectivity index (χ4n) is 1.74. The van der Waals surface area contributed by atoms with Crippen LogP contribution in [0.15, 0.2) is 0 Å². The first-order valence-corrected chi connectivity index (χ1v) is 5.63. The molecule has 1 rings (SSSR count). The molecule has 0 saturated carbocycles. The zero-order valence-corrected chi connectivity index (χ0v) is 9.55. The predicted molar refractivity (Wildman–Crippen MR) is 58.2 cm³/mol. The lowest BCUT2D eigenvalue weighted by Crippen LogP contribution is -2.46. The Balaban J connectivity index is 2.49. The minimum absolute atomic E-state index is 0.0601. The van der Waals surface area contributed by atoms with Crippen LogP contribution < -0.4 is 5.32 Å². The zero-order chi connectivity index (χ0) is 10.6. The van der Waals surface area contributed by atoms with Gasteiger partial charge in [-0.15, -0.1) is 0 Å². The number of carbonyl (C=O) groups excluding carboxylic acids is 1. The van der Waals surface area contributed by atoms with E-state index in [9.17, 15) is 4.79 Å². The maximum absolute atomic E-state index is 12.0. The van der Waals surface area contributed by atoms with Gasteiger partial charge < -0.3 is 10.2 Å². The molecule has 0 spiro atoms. The van der Waals surface area contributed by atoms with E-state index in [1.807, 2.05) is 11.9 Å². The summed E-state index contributed by atoms with van der Waals surface area (Å²) in [5, 5.41) is 3.33. The van der Waals surface area contributed by atoms with Crippen LogP contribution in [0.1, 0.15) is 39.5 Å². The molecule has 1 fully saturated rings. The van der Waals surface area contributed by atoms with Crippen LogP contribution in [0.4, 0.5) is 0 Å². The van der Waals surface area contributed by atoms with Crippen LogP contribution in [0, 0.1) is 0 Å². The maximum Gasteiger partial charge on any atom is 0.239 e. The molecule has 1 atom stereocenters. The van der Waals surface area contributed by atoms with E-state index in [0.29, 0.717) is 6.04 Å². The van der Waals surface area contributed by atoms with Crippen LogP contribution in [-0.4, -0.2) is 36.5 Å². The Kier molecular flexibility index (Phi) is 4.39. The maximum atomic E-state index is 12.0. The Morgan fingerprint density at radius 2 is 2.07 bits per heavy atom. The normalized spacial score (nSPS) is 23.3. The van der Waals surface area contributed by atoms with Crippen molar-refractivity contribution in [1.82, 2.24) is 10.2 Å². The molecular weight excluding hydrogens is 176 g/mol. The molecule has 0 aliphatic carbocycles. The molecule has 1 amide bonds. The molecule has 0 aromatic heterocycles. The van der Waals surface area contributed by atoms with Gasteiger partial charge in [-0.2, -0.15) is 0 Å². The van der Waals surface area contributed by atoms with Crippen molar-refractivity contribution in [3.8, 4) is 0 Å². The second kappa shape index (κ2) is 5.35. The van der Waals surface area contributed by atoms with Crippen LogP contribution >= 0.6 is 0 Å². The first-order valence-electron chi connectivity index (χ1n) is 5.63. The molecule has 1 saturated heterocycles. The van der Waals surface area contributed by atoms with Crippen molar-refractivity contribution in [3.63, 3.8) is 0 Å². The third kappa shape index (κ3) is 2.98. The average molecular weight is 198 g/mol. The number of carbonyl (C=O) groups is 1. The molecule has 82 valence electrons. The van der Waals surface area contributed by atoms with Crippen molar-refractivity contribution in [3.05, 3.63) is 0 Å². The smallest absolute Gasteiger partial charge is 0.239 e. The quantitative estimate of drug-likeness (QED) is 0.727. The molecule has 14 heavy (non-hydrogen) atoms.